The fourth-order valence-electron chi connectivity index (χ4n) is 1.85. The van der Waals surface area contributed by atoms with Crippen LogP contribution >= 0.6 is 0 Å². The summed E-state index contributed by atoms with van der Waals surface area (Å²) in [6, 6.07) is 8.64. The molecule has 0 saturated carbocycles. The van der Waals surface area contributed by atoms with Crippen LogP contribution in [-0.4, -0.2) is 35.4 Å². The average Bonchev–Trinajstić information content (AvgIpc) is 3.02. The molecule has 0 aliphatic heterocycles. The molecule has 0 fully saturated rings. The van der Waals surface area contributed by atoms with Gasteiger partial charge >= 0.3 is 0 Å². The van der Waals surface area contributed by atoms with Crippen LogP contribution in [0.1, 0.15) is 16.1 Å². The van der Waals surface area contributed by atoms with Gasteiger partial charge in [-0.25, -0.2) is 0 Å². The normalized spacial score (nSPS) is 12.0. The van der Waals surface area contributed by atoms with Gasteiger partial charge in [-0.15, -0.1) is 0 Å². The number of hydrogen-bond acceptors (Lipinski definition) is 5. The van der Waals surface area contributed by atoms with Crippen LogP contribution in [0, 0.1) is 6.92 Å². The van der Waals surface area contributed by atoms with Crippen LogP contribution in [0.4, 0.5) is 11.4 Å². The number of rotatable bonds is 6. The number of nitrogens with one attached hydrogen (secondary N) is 2. The molecule has 4 N–H and O–H groups in total. The van der Waals surface area contributed by atoms with E-state index in [1.807, 2.05) is 13.0 Å². The molecule has 0 saturated heterocycles. The first kappa shape index (κ1) is 15.1. The number of amides is 1. The third-order valence-corrected chi connectivity index (χ3v) is 3.07. The van der Waals surface area contributed by atoms with Gasteiger partial charge in [0.25, 0.3) is 5.91 Å². The molecule has 112 valence electrons. The monoisotopic (exact) mass is 290 g/mol. The molecular weight excluding hydrogens is 272 g/mol. The Bertz CT molecular complexity index is 596. The Morgan fingerprint density at radius 2 is 2.05 bits per heavy atom. The Morgan fingerprint density at radius 3 is 2.71 bits per heavy atom. The summed E-state index contributed by atoms with van der Waals surface area (Å²) in [6.07, 6.45) is 0.613. The second-order valence-electron chi connectivity index (χ2n) is 4.63. The predicted molar refractivity (Wildman–Crippen MR) is 79.4 cm³/mol. The molecule has 0 spiro atoms. The topological polar surface area (TPSA) is 94.7 Å². The summed E-state index contributed by atoms with van der Waals surface area (Å²) >= 11 is 0. The van der Waals surface area contributed by atoms with Gasteiger partial charge in [0.15, 0.2) is 5.76 Å². The molecule has 0 radical (unpaired) electrons. The maximum Gasteiger partial charge on any atom is 0.291 e. The predicted octanol–water partition coefficient (Wildman–Crippen LogP) is 1.61. The smallest absolute Gasteiger partial charge is 0.291 e. The van der Waals surface area contributed by atoms with Crippen molar-refractivity contribution in [1.29, 1.82) is 0 Å². The third kappa shape index (κ3) is 3.84. The summed E-state index contributed by atoms with van der Waals surface area (Å²) < 4.78 is 5.04. The van der Waals surface area contributed by atoms with Crippen molar-refractivity contribution >= 4 is 17.3 Å². The minimum Gasteiger partial charge on any atom is -0.459 e. The van der Waals surface area contributed by atoms with E-state index < -0.39 is 6.10 Å². The number of benzene rings is 1. The number of aliphatic hydroxyl groups is 2. The lowest BCUT2D eigenvalue weighted by Gasteiger charge is -2.15. The Kier molecular flexibility index (Phi) is 4.97. The zero-order chi connectivity index (χ0) is 15.2. The van der Waals surface area contributed by atoms with Crippen LogP contribution in [0.15, 0.2) is 41.0 Å². The van der Waals surface area contributed by atoms with Crippen molar-refractivity contribution in [3.8, 4) is 0 Å². The lowest BCUT2D eigenvalue weighted by molar-refractivity contribution is 0.0996. The van der Waals surface area contributed by atoms with Gasteiger partial charge in [0, 0.05) is 17.9 Å². The van der Waals surface area contributed by atoms with E-state index in [1.54, 1.807) is 24.3 Å². The number of carbonyl (C=O) groups excluding carboxylic acids is 1. The van der Waals surface area contributed by atoms with Crippen molar-refractivity contribution in [2.24, 2.45) is 0 Å². The zero-order valence-electron chi connectivity index (χ0n) is 11.7. The van der Waals surface area contributed by atoms with Gasteiger partial charge in [0.2, 0.25) is 0 Å². The van der Waals surface area contributed by atoms with Gasteiger partial charge in [0.1, 0.15) is 0 Å². The summed E-state index contributed by atoms with van der Waals surface area (Å²) in [7, 11) is 0. The zero-order valence-corrected chi connectivity index (χ0v) is 11.7. The molecule has 21 heavy (non-hydrogen) atoms. The highest BCUT2D eigenvalue weighted by Crippen LogP contribution is 2.23. The van der Waals surface area contributed by atoms with Crippen molar-refractivity contribution in [3.05, 3.63) is 47.9 Å². The molecule has 1 amide bonds. The molecule has 6 nitrogen and oxygen atoms in total. The van der Waals surface area contributed by atoms with Crippen molar-refractivity contribution in [2.75, 3.05) is 23.8 Å². The first-order valence-corrected chi connectivity index (χ1v) is 6.59. The average molecular weight is 290 g/mol. The van der Waals surface area contributed by atoms with E-state index in [4.69, 9.17) is 9.52 Å². The Morgan fingerprint density at radius 1 is 1.29 bits per heavy atom. The second kappa shape index (κ2) is 6.92. The SMILES string of the molecule is Cc1c(NCC(O)CO)cccc1NC(=O)c1ccco1. The lowest BCUT2D eigenvalue weighted by atomic mass is 10.1. The van der Waals surface area contributed by atoms with E-state index >= 15 is 0 Å². The molecule has 0 aliphatic carbocycles. The largest absolute Gasteiger partial charge is 0.459 e. The Labute approximate surface area is 122 Å². The molecule has 1 aromatic carbocycles. The number of carbonyl (C=O) groups is 1. The molecule has 1 unspecified atom stereocenters. The van der Waals surface area contributed by atoms with Crippen LogP contribution in [0.2, 0.25) is 0 Å². The van der Waals surface area contributed by atoms with Crippen LogP contribution in [0.5, 0.6) is 0 Å². The summed E-state index contributed by atoms with van der Waals surface area (Å²) in [5, 5.41) is 24.0. The van der Waals surface area contributed by atoms with Crippen molar-refractivity contribution in [3.63, 3.8) is 0 Å². The summed E-state index contributed by atoms with van der Waals surface area (Å²) in [5.74, 6) is -0.0842. The van der Waals surface area contributed by atoms with E-state index in [0.29, 0.717) is 5.69 Å². The van der Waals surface area contributed by atoms with Gasteiger partial charge in [-0.05, 0) is 36.8 Å². The van der Waals surface area contributed by atoms with Crippen molar-refractivity contribution in [2.45, 2.75) is 13.0 Å². The number of furan rings is 1. The summed E-state index contributed by atoms with van der Waals surface area (Å²) in [6.45, 7) is 1.78. The molecule has 6 heteroatoms. The van der Waals surface area contributed by atoms with E-state index in [9.17, 15) is 9.90 Å². The van der Waals surface area contributed by atoms with Gasteiger partial charge < -0.3 is 25.3 Å². The maximum absolute atomic E-state index is 12.0. The first-order valence-electron chi connectivity index (χ1n) is 6.59. The van der Waals surface area contributed by atoms with Crippen LogP contribution in [0.25, 0.3) is 0 Å². The number of hydrogen-bond donors (Lipinski definition) is 4. The molecular formula is C15H18N2O4. The highest BCUT2D eigenvalue weighted by molar-refractivity contribution is 6.03. The first-order chi connectivity index (χ1) is 10.1. The summed E-state index contributed by atoms with van der Waals surface area (Å²) in [4.78, 5) is 12.0. The fourth-order valence-corrected chi connectivity index (χ4v) is 1.85. The molecule has 2 rings (SSSR count). The third-order valence-electron chi connectivity index (χ3n) is 3.07. The van der Waals surface area contributed by atoms with Gasteiger partial charge in [-0.3, -0.25) is 4.79 Å². The number of aliphatic hydroxyl groups excluding tert-OH is 2. The van der Waals surface area contributed by atoms with E-state index in [1.165, 1.54) is 6.26 Å². The van der Waals surface area contributed by atoms with Crippen LogP contribution < -0.4 is 10.6 Å². The highest BCUT2D eigenvalue weighted by Gasteiger charge is 2.12. The van der Waals surface area contributed by atoms with E-state index in [0.717, 1.165) is 11.3 Å². The maximum atomic E-state index is 12.0. The molecule has 1 heterocycles. The molecule has 0 bridgehead atoms. The minimum absolute atomic E-state index is 0.229. The highest BCUT2D eigenvalue weighted by atomic mass is 16.3. The van der Waals surface area contributed by atoms with Crippen molar-refractivity contribution < 1.29 is 19.4 Å². The Hall–Kier alpha value is -2.31. The summed E-state index contributed by atoms with van der Waals surface area (Å²) in [5.41, 5.74) is 2.27. The molecule has 1 atom stereocenters. The van der Waals surface area contributed by atoms with Gasteiger partial charge in [0.05, 0.1) is 19.0 Å². The molecule has 0 aliphatic rings. The minimum atomic E-state index is -0.828. The van der Waals surface area contributed by atoms with Crippen LogP contribution in [0.3, 0.4) is 0 Å². The lowest BCUT2D eigenvalue weighted by Crippen LogP contribution is -2.23. The van der Waals surface area contributed by atoms with Gasteiger partial charge in [-0.2, -0.15) is 0 Å². The van der Waals surface area contributed by atoms with Crippen molar-refractivity contribution in [1.82, 2.24) is 0 Å². The Balaban J connectivity index is 2.08. The number of anilines is 2. The molecule has 1 aromatic heterocycles. The standard InChI is InChI=1S/C15H18N2O4/c1-10-12(16-8-11(19)9-18)4-2-5-13(10)17-15(20)14-6-3-7-21-14/h2-7,11,16,18-19H,8-9H2,1H3,(H,17,20). The second-order valence-corrected chi connectivity index (χ2v) is 4.63. The molecule has 2 aromatic rings. The van der Waals surface area contributed by atoms with Gasteiger partial charge in [-0.1, -0.05) is 6.07 Å². The van der Waals surface area contributed by atoms with E-state index in [2.05, 4.69) is 10.6 Å². The van der Waals surface area contributed by atoms with E-state index in [-0.39, 0.29) is 24.8 Å². The fraction of sp³-hybridized carbons (Fsp3) is 0.267. The quantitative estimate of drug-likeness (QED) is 0.648. The van der Waals surface area contributed by atoms with Crippen LogP contribution in [-0.2, 0) is 0 Å².